The Kier molecular flexibility index (Phi) is 6.72. The van der Waals surface area contributed by atoms with E-state index in [0.717, 1.165) is 24.3 Å². The molecule has 3 heterocycles. The van der Waals surface area contributed by atoms with Crippen molar-refractivity contribution in [1.82, 2.24) is 9.21 Å². The molecule has 33 heavy (non-hydrogen) atoms. The van der Waals surface area contributed by atoms with Crippen molar-refractivity contribution in [2.24, 2.45) is 5.92 Å². The number of piperidine rings is 1. The first-order valence-corrected chi connectivity index (χ1v) is 12.9. The molecule has 0 N–H and O–H groups in total. The minimum Gasteiger partial charge on any atom is -0.495 e. The molecule has 4 rings (SSSR count). The number of carbonyl (C=O) groups excluding carboxylic acids is 1. The number of ether oxygens (including phenoxy) is 1. The summed E-state index contributed by atoms with van der Waals surface area (Å²) in [4.78, 5) is 17.1. The number of hydrogen-bond donors (Lipinski definition) is 0. The third kappa shape index (κ3) is 4.75. The second kappa shape index (κ2) is 9.38. The van der Waals surface area contributed by atoms with Gasteiger partial charge in [0.05, 0.1) is 23.3 Å². The van der Waals surface area contributed by atoms with E-state index < -0.39 is 10.0 Å². The van der Waals surface area contributed by atoms with Crippen molar-refractivity contribution >= 4 is 21.6 Å². The molecule has 0 aliphatic carbocycles. The van der Waals surface area contributed by atoms with Crippen LogP contribution >= 0.6 is 0 Å². The van der Waals surface area contributed by atoms with Crippen LogP contribution in [0.5, 0.6) is 5.75 Å². The molecule has 1 atom stereocenters. The predicted octanol–water partition coefficient (Wildman–Crippen LogP) is 3.29. The minimum absolute atomic E-state index is 0.0356. The molecule has 8 nitrogen and oxygen atoms in total. The van der Waals surface area contributed by atoms with E-state index in [-0.39, 0.29) is 10.8 Å². The number of amides is 1. The van der Waals surface area contributed by atoms with Crippen molar-refractivity contribution in [3.63, 3.8) is 0 Å². The molecule has 2 fully saturated rings. The molecule has 0 bridgehead atoms. The number of furan rings is 1. The van der Waals surface area contributed by atoms with Gasteiger partial charge in [-0.05, 0) is 56.9 Å². The zero-order valence-corrected chi connectivity index (χ0v) is 20.7. The van der Waals surface area contributed by atoms with Crippen LogP contribution in [0.25, 0.3) is 0 Å². The highest BCUT2D eigenvalue weighted by atomic mass is 32.2. The quantitative estimate of drug-likeness (QED) is 0.660. The molecule has 1 aromatic heterocycles. The van der Waals surface area contributed by atoms with Crippen LogP contribution < -0.4 is 9.64 Å². The second-order valence-corrected chi connectivity index (χ2v) is 11.0. The Morgan fingerprint density at radius 1 is 1.09 bits per heavy atom. The standard InChI is InChI=1S/C24H33N3O5S/c1-17-6-5-9-27(16-17)33(29,30)20-7-8-23(31-4)22(15-20)25-10-12-26(13-11-25)24(28)21-14-18(2)32-19(21)3/h7-8,14-15,17H,5-6,9-13,16H2,1-4H3/t17-/m0/s1. The van der Waals surface area contributed by atoms with Crippen LogP contribution in [-0.4, -0.2) is 69.9 Å². The smallest absolute Gasteiger partial charge is 0.257 e. The lowest BCUT2D eigenvalue weighted by atomic mass is 10.0. The van der Waals surface area contributed by atoms with E-state index in [1.807, 2.05) is 11.8 Å². The first-order valence-electron chi connectivity index (χ1n) is 11.5. The van der Waals surface area contributed by atoms with E-state index >= 15 is 0 Å². The number of benzene rings is 1. The second-order valence-electron chi connectivity index (χ2n) is 9.05. The topological polar surface area (TPSA) is 83.3 Å². The van der Waals surface area contributed by atoms with Gasteiger partial charge >= 0.3 is 0 Å². The molecule has 2 saturated heterocycles. The molecule has 9 heteroatoms. The van der Waals surface area contributed by atoms with Crippen LogP contribution in [0.3, 0.4) is 0 Å². The fourth-order valence-electron chi connectivity index (χ4n) is 4.75. The zero-order chi connectivity index (χ0) is 23.8. The molecule has 2 aliphatic heterocycles. The number of methoxy groups -OCH3 is 1. The molecule has 180 valence electrons. The fraction of sp³-hybridized carbons (Fsp3) is 0.542. The lowest BCUT2D eigenvalue weighted by Gasteiger charge is -2.37. The molecule has 1 aromatic carbocycles. The van der Waals surface area contributed by atoms with Crippen LogP contribution in [0, 0.1) is 19.8 Å². The third-order valence-electron chi connectivity index (χ3n) is 6.59. The number of hydrogen-bond acceptors (Lipinski definition) is 6. The van der Waals surface area contributed by atoms with Gasteiger partial charge in [0, 0.05) is 39.3 Å². The predicted molar refractivity (Wildman–Crippen MR) is 126 cm³/mol. The van der Waals surface area contributed by atoms with Gasteiger partial charge < -0.3 is 19.0 Å². The zero-order valence-electron chi connectivity index (χ0n) is 19.8. The lowest BCUT2D eigenvalue weighted by molar-refractivity contribution is 0.0745. The number of sulfonamides is 1. The Balaban J connectivity index is 1.52. The number of piperazine rings is 1. The highest BCUT2D eigenvalue weighted by Gasteiger charge is 2.31. The average molecular weight is 476 g/mol. The summed E-state index contributed by atoms with van der Waals surface area (Å²) in [6.07, 6.45) is 1.94. The van der Waals surface area contributed by atoms with Gasteiger partial charge in [0.15, 0.2) is 0 Å². The average Bonchev–Trinajstić information content (AvgIpc) is 3.16. The highest BCUT2D eigenvalue weighted by molar-refractivity contribution is 7.89. The fourth-order valence-corrected chi connectivity index (χ4v) is 6.37. The van der Waals surface area contributed by atoms with Crippen molar-refractivity contribution < 1.29 is 22.4 Å². The first kappa shape index (κ1) is 23.6. The van der Waals surface area contributed by atoms with Gasteiger partial charge in [-0.2, -0.15) is 4.31 Å². The summed E-state index contributed by atoms with van der Waals surface area (Å²) in [7, 11) is -1.98. The minimum atomic E-state index is -3.57. The summed E-state index contributed by atoms with van der Waals surface area (Å²) in [5, 5.41) is 0. The molecule has 0 saturated carbocycles. The van der Waals surface area contributed by atoms with Crippen LogP contribution in [-0.2, 0) is 10.0 Å². The monoisotopic (exact) mass is 475 g/mol. The van der Waals surface area contributed by atoms with E-state index in [1.54, 1.807) is 42.6 Å². The molecule has 0 radical (unpaired) electrons. The van der Waals surface area contributed by atoms with Crippen molar-refractivity contribution in [2.45, 2.75) is 38.5 Å². The molecular formula is C24H33N3O5S. The Hall–Kier alpha value is -2.52. The molecular weight excluding hydrogens is 442 g/mol. The summed E-state index contributed by atoms with van der Waals surface area (Å²) in [5.74, 6) is 2.31. The van der Waals surface area contributed by atoms with Gasteiger partial charge in [-0.25, -0.2) is 8.42 Å². The number of aryl methyl sites for hydroxylation is 2. The van der Waals surface area contributed by atoms with Crippen molar-refractivity contribution in [1.29, 1.82) is 0 Å². The van der Waals surface area contributed by atoms with E-state index in [2.05, 4.69) is 11.8 Å². The molecule has 0 spiro atoms. The SMILES string of the molecule is COc1ccc(S(=O)(=O)N2CCC[C@H](C)C2)cc1N1CCN(C(=O)c2cc(C)oc2C)CC1. The summed E-state index contributed by atoms with van der Waals surface area (Å²) in [5.41, 5.74) is 1.34. The number of nitrogens with zero attached hydrogens (tertiary/aromatic N) is 3. The maximum absolute atomic E-state index is 13.3. The van der Waals surface area contributed by atoms with Gasteiger partial charge in [0.25, 0.3) is 5.91 Å². The van der Waals surface area contributed by atoms with Gasteiger partial charge in [-0.3, -0.25) is 4.79 Å². The Labute approximate surface area is 196 Å². The lowest BCUT2D eigenvalue weighted by Crippen LogP contribution is -2.49. The Morgan fingerprint density at radius 3 is 2.42 bits per heavy atom. The van der Waals surface area contributed by atoms with E-state index in [1.165, 1.54) is 0 Å². The van der Waals surface area contributed by atoms with Crippen LogP contribution in [0.2, 0.25) is 0 Å². The largest absolute Gasteiger partial charge is 0.495 e. The molecule has 2 aromatic rings. The van der Waals surface area contributed by atoms with Crippen molar-refractivity contribution in [2.75, 3.05) is 51.3 Å². The van der Waals surface area contributed by atoms with Gasteiger partial charge in [0.2, 0.25) is 10.0 Å². The Morgan fingerprint density at radius 2 is 1.82 bits per heavy atom. The maximum Gasteiger partial charge on any atom is 0.257 e. The molecule has 1 amide bonds. The number of carbonyl (C=O) groups is 1. The van der Waals surface area contributed by atoms with Crippen LogP contribution in [0.1, 0.15) is 41.6 Å². The summed E-state index contributed by atoms with van der Waals surface area (Å²) >= 11 is 0. The van der Waals surface area contributed by atoms with Gasteiger partial charge in [-0.1, -0.05) is 6.92 Å². The first-order chi connectivity index (χ1) is 15.7. The van der Waals surface area contributed by atoms with E-state index in [4.69, 9.17) is 9.15 Å². The van der Waals surface area contributed by atoms with Crippen LogP contribution in [0.15, 0.2) is 33.6 Å². The summed E-state index contributed by atoms with van der Waals surface area (Å²) in [6, 6.07) is 6.85. The normalized spacial score (nSPS) is 20.2. The van der Waals surface area contributed by atoms with E-state index in [0.29, 0.717) is 62.3 Å². The molecule has 2 aliphatic rings. The number of anilines is 1. The Bertz CT molecular complexity index is 1120. The summed E-state index contributed by atoms with van der Waals surface area (Å²) < 4.78 is 39.3. The maximum atomic E-state index is 13.3. The van der Waals surface area contributed by atoms with Crippen molar-refractivity contribution in [3.05, 3.63) is 41.3 Å². The van der Waals surface area contributed by atoms with Crippen molar-refractivity contribution in [3.8, 4) is 5.75 Å². The van der Waals surface area contributed by atoms with Gasteiger partial charge in [-0.15, -0.1) is 0 Å². The van der Waals surface area contributed by atoms with Gasteiger partial charge in [0.1, 0.15) is 17.3 Å². The third-order valence-corrected chi connectivity index (χ3v) is 8.45. The van der Waals surface area contributed by atoms with E-state index in [9.17, 15) is 13.2 Å². The number of rotatable bonds is 5. The highest BCUT2D eigenvalue weighted by Crippen LogP contribution is 2.34. The summed E-state index contributed by atoms with van der Waals surface area (Å²) in [6.45, 7) is 9.08. The molecule has 0 unspecified atom stereocenters. The van der Waals surface area contributed by atoms with Crippen LogP contribution in [0.4, 0.5) is 5.69 Å².